The van der Waals surface area contributed by atoms with Crippen molar-refractivity contribution in [3.8, 4) is 5.75 Å². The van der Waals surface area contributed by atoms with Crippen molar-refractivity contribution in [2.75, 3.05) is 13.2 Å². The fraction of sp³-hybridized carbons (Fsp3) is 0.143. The van der Waals surface area contributed by atoms with E-state index in [-0.39, 0.29) is 40.3 Å². The fourth-order valence-electron chi connectivity index (χ4n) is 2.68. The lowest BCUT2D eigenvalue weighted by Gasteiger charge is -2.09. The van der Waals surface area contributed by atoms with Gasteiger partial charge in [-0.1, -0.05) is 24.3 Å². The molecule has 3 rings (SSSR count). The predicted octanol–water partition coefficient (Wildman–Crippen LogP) is 2.63. The van der Waals surface area contributed by atoms with E-state index in [0.717, 1.165) is 0 Å². The van der Waals surface area contributed by atoms with Gasteiger partial charge in [-0.2, -0.15) is 0 Å². The van der Waals surface area contributed by atoms with E-state index >= 15 is 0 Å². The Kier molecular flexibility index (Phi) is 5.73. The quantitative estimate of drug-likeness (QED) is 0.373. The van der Waals surface area contributed by atoms with Crippen molar-refractivity contribution in [2.45, 2.75) is 6.92 Å². The lowest BCUT2D eigenvalue weighted by molar-refractivity contribution is -0.146. The third kappa shape index (κ3) is 4.16. The maximum atomic E-state index is 12.3. The summed E-state index contributed by atoms with van der Waals surface area (Å²) in [7, 11) is 0. The molecule has 0 aliphatic heterocycles. The summed E-state index contributed by atoms with van der Waals surface area (Å²) >= 11 is 0. The molecule has 0 fully saturated rings. The lowest BCUT2D eigenvalue weighted by Crippen LogP contribution is -2.17. The van der Waals surface area contributed by atoms with Crippen molar-refractivity contribution in [3.63, 3.8) is 0 Å². The van der Waals surface area contributed by atoms with Gasteiger partial charge < -0.3 is 19.0 Å². The molecule has 0 saturated carbocycles. The first kappa shape index (κ1) is 19.8. The van der Waals surface area contributed by atoms with Crippen LogP contribution in [0.25, 0.3) is 11.0 Å². The molecule has 0 bridgehead atoms. The van der Waals surface area contributed by atoms with Crippen molar-refractivity contribution in [1.82, 2.24) is 0 Å². The summed E-state index contributed by atoms with van der Waals surface area (Å²) in [6.45, 7) is 1.32. The van der Waals surface area contributed by atoms with Crippen molar-refractivity contribution in [2.24, 2.45) is 0 Å². The Morgan fingerprint density at radius 1 is 1.03 bits per heavy atom. The van der Waals surface area contributed by atoms with E-state index in [1.807, 2.05) is 0 Å². The molecule has 2 aromatic carbocycles. The molecule has 0 amide bonds. The molecule has 0 saturated heterocycles. The molecule has 1 heterocycles. The topological polar surface area (TPSA) is 127 Å². The average Bonchev–Trinajstić information content (AvgIpc) is 2.72. The third-order valence-electron chi connectivity index (χ3n) is 4.07. The number of hydrogen-bond donors (Lipinski definition) is 2. The third-order valence-corrected chi connectivity index (χ3v) is 4.07. The summed E-state index contributed by atoms with van der Waals surface area (Å²) in [5.74, 6) is -1.73. The van der Waals surface area contributed by atoms with Gasteiger partial charge in [-0.25, -0.2) is 14.4 Å². The first-order valence-electron chi connectivity index (χ1n) is 8.69. The van der Waals surface area contributed by atoms with Crippen LogP contribution in [0.5, 0.6) is 5.75 Å². The van der Waals surface area contributed by atoms with E-state index in [0.29, 0.717) is 5.39 Å². The molecule has 0 aliphatic rings. The smallest absolute Gasteiger partial charge is 0.349 e. The molecular weight excluding hydrogens is 378 g/mol. The highest BCUT2D eigenvalue weighted by Gasteiger charge is 2.20. The summed E-state index contributed by atoms with van der Waals surface area (Å²) in [6, 6.07) is 12.1. The highest BCUT2D eigenvalue weighted by molar-refractivity contribution is 6.14. The van der Waals surface area contributed by atoms with Crippen LogP contribution in [0.3, 0.4) is 0 Å². The lowest BCUT2D eigenvalue weighted by atomic mass is 10.0. The number of benzene rings is 2. The van der Waals surface area contributed by atoms with Crippen molar-refractivity contribution in [3.05, 3.63) is 75.6 Å². The Bertz CT molecular complexity index is 1150. The van der Waals surface area contributed by atoms with Crippen molar-refractivity contribution in [1.29, 1.82) is 5.41 Å². The second kappa shape index (κ2) is 8.39. The number of carbonyl (C=O) groups excluding carboxylic acids is 2. The van der Waals surface area contributed by atoms with Gasteiger partial charge in [0.05, 0.1) is 23.3 Å². The second-order valence-electron chi connectivity index (χ2n) is 5.94. The Hall–Kier alpha value is -3.94. The highest BCUT2D eigenvalue weighted by atomic mass is 16.6. The van der Waals surface area contributed by atoms with E-state index in [4.69, 9.17) is 14.6 Å². The summed E-state index contributed by atoms with van der Waals surface area (Å²) < 4.78 is 14.7. The number of para-hydroxylation sites is 1. The van der Waals surface area contributed by atoms with Crippen LogP contribution in [-0.4, -0.2) is 36.0 Å². The van der Waals surface area contributed by atoms with E-state index in [1.54, 1.807) is 31.2 Å². The number of esters is 2. The van der Waals surface area contributed by atoms with E-state index in [9.17, 15) is 19.5 Å². The zero-order valence-electron chi connectivity index (χ0n) is 15.4. The van der Waals surface area contributed by atoms with Crippen molar-refractivity contribution >= 4 is 28.6 Å². The first-order valence-corrected chi connectivity index (χ1v) is 8.69. The number of ether oxygens (including phenoxy) is 2. The van der Waals surface area contributed by atoms with E-state index in [1.165, 1.54) is 24.3 Å². The van der Waals surface area contributed by atoms with Crippen LogP contribution < -0.4 is 5.63 Å². The van der Waals surface area contributed by atoms with Gasteiger partial charge in [0.1, 0.15) is 16.9 Å². The minimum absolute atomic E-state index is 0.153. The first-order chi connectivity index (χ1) is 13.9. The van der Waals surface area contributed by atoms with Crippen LogP contribution in [-0.2, 0) is 14.3 Å². The number of fused-ring (bicyclic) bond motifs is 1. The Morgan fingerprint density at radius 3 is 2.38 bits per heavy atom. The van der Waals surface area contributed by atoms with Gasteiger partial charge in [-0.05, 0) is 31.2 Å². The van der Waals surface area contributed by atoms with Gasteiger partial charge in [0, 0.05) is 5.56 Å². The molecule has 0 unspecified atom stereocenters. The fourth-order valence-corrected chi connectivity index (χ4v) is 2.68. The summed E-state index contributed by atoms with van der Waals surface area (Å²) in [5, 5.41) is 19.1. The van der Waals surface area contributed by atoms with Gasteiger partial charge in [0.25, 0.3) is 0 Å². The Balaban J connectivity index is 1.83. The maximum absolute atomic E-state index is 12.3. The molecule has 2 N–H and O–H groups in total. The van der Waals surface area contributed by atoms with Crippen LogP contribution in [0.15, 0.2) is 57.7 Å². The molecule has 0 radical (unpaired) electrons. The van der Waals surface area contributed by atoms with Crippen LogP contribution in [0.2, 0.25) is 0 Å². The molecular formula is C21H17NO7. The normalized spacial score (nSPS) is 10.5. The van der Waals surface area contributed by atoms with Gasteiger partial charge in [0.15, 0.2) is 6.61 Å². The zero-order valence-corrected chi connectivity index (χ0v) is 15.4. The van der Waals surface area contributed by atoms with Crippen molar-refractivity contribution < 1.29 is 28.6 Å². The molecule has 8 heteroatoms. The largest absolute Gasteiger partial charge is 0.506 e. The Labute approximate surface area is 164 Å². The molecule has 29 heavy (non-hydrogen) atoms. The summed E-state index contributed by atoms with van der Waals surface area (Å²) in [5.41, 5.74) is -0.726. The minimum atomic E-state index is -0.843. The SMILES string of the molecule is CCOC(=O)COC(=O)c1ccc(C(=N)c2c(O)c3ccccc3oc2=O)cc1. The second-order valence-corrected chi connectivity index (χ2v) is 5.94. The van der Waals surface area contributed by atoms with E-state index in [2.05, 4.69) is 4.74 Å². The monoisotopic (exact) mass is 395 g/mol. The van der Waals surface area contributed by atoms with Crippen LogP contribution in [0.1, 0.15) is 28.4 Å². The number of rotatable bonds is 6. The molecule has 8 nitrogen and oxygen atoms in total. The van der Waals surface area contributed by atoms with Crippen LogP contribution >= 0.6 is 0 Å². The molecule has 3 aromatic rings. The highest BCUT2D eigenvalue weighted by Crippen LogP contribution is 2.27. The number of carbonyl (C=O) groups is 2. The van der Waals surface area contributed by atoms with E-state index < -0.39 is 24.2 Å². The molecule has 148 valence electrons. The minimum Gasteiger partial charge on any atom is -0.506 e. The molecule has 0 spiro atoms. The molecule has 1 aromatic heterocycles. The van der Waals surface area contributed by atoms with Gasteiger partial charge in [-0.3, -0.25) is 5.41 Å². The zero-order chi connectivity index (χ0) is 21.0. The number of hydrogen-bond acceptors (Lipinski definition) is 8. The number of aromatic hydroxyl groups is 1. The van der Waals surface area contributed by atoms with Gasteiger partial charge in [0.2, 0.25) is 0 Å². The molecule has 0 aliphatic carbocycles. The number of nitrogens with one attached hydrogen (secondary N) is 1. The Morgan fingerprint density at radius 2 is 1.69 bits per heavy atom. The predicted molar refractivity (Wildman–Crippen MR) is 103 cm³/mol. The standard InChI is InChI=1S/C21H17NO7/c1-2-27-16(23)11-28-20(25)13-9-7-12(8-10-13)18(22)17-19(24)14-5-3-4-6-15(14)29-21(17)26/h3-10,22,24H,2,11H2,1H3. The maximum Gasteiger partial charge on any atom is 0.349 e. The average molecular weight is 395 g/mol. The van der Waals surface area contributed by atoms with Crippen LogP contribution in [0.4, 0.5) is 0 Å². The van der Waals surface area contributed by atoms with Crippen LogP contribution in [0, 0.1) is 5.41 Å². The van der Waals surface area contributed by atoms with Gasteiger partial charge >= 0.3 is 17.6 Å². The van der Waals surface area contributed by atoms with Gasteiger partial charge in [-0.15, -0.1) is 0 Å². The summed E-state index contributed by atoms with van der Waals surface area (Å²) in [6.07, 6.45) is 0. The molecule has 0 atom stereocenters. The summed E-state index contributed by atoms with van der Waals surface area (Å²) in [4.78, 5) is 35.5.